The summed E-state index contributed by atoms with van der Waals surface area (Å²) in [6.07, 6.45) is 0. The van der Waals surface area contributed by atoms with Crippen LogP contribution in [0, 0.1) is 5.82 Å². The zero-order valence-corrected chi connectivity index (χ0v) is 13.1. The van der Waals surface area contributed by atoms with Crippen molar-refractivity contribution in [1.29, 1.82) is 0 Å². The average Bonchev–Trinajstić information content (AvgIpc) is 2.87. The summed E-state index contributed by atoms with van der Waals surface area (Å²) in [7, 11) is 0. The van der Waals surface area contributed by atoms with E-state index in [4.69, 9.17) is 0 Å². The minimum atomic E-state index is -0.261. The monoisotopic (exact) mass is 350 g/mol. The summed E-state index contributed by atoms with van der Waals surface area (Å²) in [4.78, 5) is 4.62. The Morgan fingerprint density at radius 3 is 2.80 bits per heavy atom. The van der Waals surface area contributed by atoms with Crippen molar-refractivity contribution in [1.82, 2.24) is 4.98 Å². The zero-order valence-electron chi connectivity index (χ0n) is 10.7. The highest BCUT2D eigenvalue weighted by Crippen LogP contribution is 2.29. The summed E-state index contributed by atoms with van der Waals surface area (Å²) in [6.45, 7) is 2.05. The van der Waals surface area contributed by atoms with Gasteiger partial charge in [0, 0.05) is 5.69 Å². The van der Waals surface area contributed by atoms with Crippen LogP contribution in [0.25, 0.3) is 10.2 Å². The van der Waals surface area contributed by atoms with Crippen LogP contribution in [-0.2, 0) is 0 Å². The predicted molar refractivity (Wildman–Crippen MR) is 85.8 cm³/mol. The van der Waals surface area contributed by atoms with Gasteiger partial charge in [0.2, 0.25) is 0 Å². The van der Waals surface area contributed by atoms with Crippen LogP contribution in [0.3, 0.4) is 0 Å². The molecule has 3 aromatic rings. The molecule has 0 fully saturated rings. The number of thiazole rings is 1. The van der Waals surface area contributed by atoms with E-state index in [2.05, 4.69) is 39.2 Å². The normalized spacial score (nSPS) is 12.6. The van der Waals surface area contributed by atoms with Crippen molar-refractivity contribution in [2.45, 2.75) is 13.0 Å². The molecule has 0 saturated heterocycles. The van der Waals surface area contributed by atoms with Crippen molar-refractivity contribution in [2.75, 3.05) is 5.32 Å². The molecule has 0 aliphatic rings. The van der Waals surface area contributed by atoms with Crippen LogP contribution >= 0.6 is 27.3 Å². The van der Waals surface area contributed by atoms with Gasteiger partial charge in [0.1, 0.15) is 10.8 Å². The van der Waals surface area contributed by atoms with Crippen molar-refractivity contribution in [3.63, 3.8) is 0 Å². The second kappa shape index (κ2) is 5.50. The van der Waals surface area contributed by atoms with Crippen LogP contribution in [-0.4, -0.2) is 4.98 Å². The van der Waals surface area contributed by atoms with Gasteiger partial charge in [0.25, 0.3) is 0 Å². The highest BCUT2D eigenvalue weighted by molar-refractivity contribution is 9.10. The predicted octanol–water partition coefficient (Wildman–Crippen LogP) is 5.37. The number of anilines is 1. The fourth-order valence-corrected chi connectivity index (χ4v) is 3.32. The first kappa shape index (κ1) is 13.5. The Bertz CT molecular complexity index is 723. The van der Waals surface area contributed by atoms with Gasteiger partial charge in [0.15, 0.2) is 0 Å². The first-order valence-electron chi connectivity index (χ1n) is 6.20. The second-order valence-corrected chi connectivity index (χ2v) is 6.43. The summed E-state index contributed by atoms with van der Waals surface area (Å²) in [5.74, 6) is -0.261. The van der Waals surface area contributed by atoms with Crippen LogP contribution < -0.4 is 5.32 Å². The van der Waals surface area contributed by atoms with Gasteiger partial charge >= 0.3 is 0 Å². The molecular weight excluding hydrogens is 339 g/mol. The van der Waals surface area contributed by atoms with Gasteiger partial charge in [-0.2, -0.15) is 0 Å². The Labute approximate surface area is 128 Å². The fraction of sp³-hybridized carbons (Fsp3) is 0.133. The first-order chi connectivity index (χ1) is 9.63. The standard InChI is InChI=1S/C15H12BrFN2S/c1-9(18-10-6-7-12(17)11(16)8-10)15-19-13-4-2-3-5-14(13)20-15/h2-9,18H,1H3. The average molecular weight is 351 g/mol. The Balaban J connectivity index is 1.84. The van der Waals surface area contributed by atoms with E-state index in [1.54, 1.807) is 23.5 Å². The van der Waals surface area contributed by atoms with E-state index in [1.807, 2.05) is 18.2 Å². The Hall–Kier alpha value is -1.46. The summed E-state index contributed by atoms with van der Waals surface area (Å²) in [5, 5.41) is 4.36. The van der Waals surface area contributed by atoms with Gasteiger partial charge in [-0.05, 0) is 53.2 Å². The Kier molecular flexibility index (Phi) is 3.72. The zero-order chi connectivity index (χ0) is 14.1. The molecule has 20 heavy (non-hydrogen) atoms. The lowest BCUT2D eigenvalue weighted by Gasteiger charge is -2.13. The molecule has 0 bridgehead atoms. The lowest BCUT2D eigenvalue weighted by molar-refractivity contribution is 0.621. The van der Waals surface area contributed by atoms with Crippen LogP contribution in [0.1, 0.15) is 18.0 Å². The van der Waals surface area contributed by atoms with Crippen molar-refractivity contribution in [3.05, 3.63) is 57.8 Å². The molecule has 1 unspecified atom stereocenters. The summed E-state index contributed by atoms with van der Waals surface area (Å²) < 4.78 is 14.8. The molecule has 1 heterocycles. The topological polar surface area (TPSA) is 24.9 Å². The number of halogens is 2. The van der Waals surface area contributed by atoms with Crippen LogP contribution in [0.15, 0.2) is 46.9 Å². The highest BCUT2D eigenvalue weighted by atomic mass is 79.9. The third-order valence-electron chi connectivity index (χ3n) is 2.98. The van der Waals surface area contributed by atoms with Gasteiger partial charge in [0.05, 0.1) is 20.7 Å². The van der Waals surface area contributed by atoms with Gasteiger partial charge in [-0.3, -0.25) is 0 Å². The molecule has 0 saturated carbocycles. The summed E-state index contributed by atoms with van der Waals surface area (Å²) in [5.41, 5.74) is 1.88. The van der Waals surface area contributed by atoms with E-state index in [-0.39, 0.29) is 11.9 Å². The molecule has 3 rings (SSSR count). The quantitative estimate of drug-likeness (QED) is 0.686. The van der Waals surface area contributed by atoms with Gasteiger partial charge in [-0.25, -0.2) is 9.37 Å². The van der Waals surface area contributed by atoms with Crippen molar-refractivity contribution >= 4 is 43.2 Å². The van der Waals surface area contributed by atoms with E-state index < -0.39 is 0 Å². The number of hydrogen-bond donors (Lipinski definition) is 1. The molecule has 0 spiro atoms. The lowest BCUT2D eigenvalue weighted by atomic mass is 10.2. The maximum absolute atomic E-state index is 13.2. The number of hydrogen-bond acceptors (Lipinski definition) is 3. The van der Waals surface area contributed by atoms with Crippen molar-refractivity contribution < 1.29 is 4.39 Å². The van der Waals surface area contributed by atoms with Crippen molar-refractivity contribution in [3.8, 4) is 0 Å². The van der Waals surface area contributed by atoms with Crippen molar-refractivity contribution in [2.24, 2.45) is 0 Å². The number of aromatic nitrogens is 1. The molecule has 5 heteroatoms. The highest BCUT2D eigenvalue weighted by Gasteiger charge is 2.11. The summed E-state index contributed by atoms with van der Waals surface area (Å²) >= 11 is 4.86. The van der Waals surface area contributed by atoms with Gasteiger partial charge in [-0.1, -0.05) is 12.1 Å². The van der Waals surface area contributed by atoms with E-state index in [1.165, 1.54) is 10.8 Å². The third-order valence-corrected chi connectivity index (χ3v) is 4.81. The Morgan fingerprint density at radius 2 is 2.05 bits per heavy atom. The smallest absolute Gasteiger partial charge is 0.137 e. The first-order valence-corrected chi connectivity index (χ1v) is 7.81. The largest absolute Gasteiger partial charge is 0.376 e. The molecule has 2 aromatic carbocycles. The molecule has 1 N–H and O–H groups in total. The maximum Gasteiger partial charge on any atom is 0.137 e. The van der Waals surface area contributed by atoms with E-state index >= 15 is 0 Å². The lowest BCUT2D eigenvalue weighted by Crippen LogP contribution is -2.06. The summed E-state index contributed by atoms with van der Waals surface area (Å²) in [6, 6.07) is 13.1. The molecule has 102 valence electrons. The fourth-order valence-electron chi connectivity index (χ4n) is 1.97. The van der Waals surface area contributed by atoms with E-state index in [0.29, 0.717) is 4.47 Å². The maximum atomic E-state index is 13.2. The molecule has 1 aromatic heterocycles. The third kappa shape index (κ3) is 2.69. The molecule has 0 aliphatic heterocycles. The van der Waals surface area contributed by atoms with E-state index in [0.717, 1.165) is 16.2 Å². The van der Waals surface area contributed by atoms with E-state index in [9.17, 15) is 4.39 Å². The van der Waals surface area contributed by atoms with Crippen LogP contribution in [0.5, 0.6) is 0 Å². The number of rotatable bonds is 3. The molecule has 1 atom stereocenters. The number of fused-ring (bicyclic) bond motifs is 1. The van der Waals surface area contributed by atoms with Crippen LogP contribution in [0.2, 0.25) is 0 Å². The minimum Gasteiger partial charge on any atom is -0.376 e. The SMILES string of the molecule is CC(Nc1ccc(F)c(Br)c1)c1nc2ccccc2s1. The second-order valence-electron chi connectivity index (χ2n) is 4.51. The Morgan fingerprint density at radius 1 is 1.25 bits per heavy atom. The number of nitrogens with zero attached hydrogens (tertiary/aromatic N) is 1. The number of para-hydroxylation sites is 1. The molecule has 0 radical (unpaired) electrons. The molecule has 0 aliphatic carbocycles. The minimum absolute atomic E-state index is 0.0739. The molecule has 0 amide bonds. The number of benzene rings is 2. The molecule has 2 nitrogen and oxygen atoms in total. The van der Waals surface area contributed by atoms with Gasteiger partial charge < -0.3 is 5.32 Å². The number of nitrogens with one attached hydrogen (secondary N) is 1. The van der Waals surface area contributed by atoms with Crippen LogP contribution in [0.4, 0.5) is 10.1 Å². The molecular formula is C15H12BrFN2S. The van der Waals surface area contributed by atoms with Gasteiger partial charge in [-0.15, -0.1) is 11.3 Å².